The molecule has 2 heterocycles. The number of ether oxygens (including phenoxy) is 1. The van der Waals surface area contributed by atoms with Crippen molar-refractivity contribution in [2.24, 2.45) is 0 Å². The number of hydrogen-bond acceptors (Lipinski definition) is 6. The molecule has 1 fully saturated rings. The summed E-state index contributed by atoms with van der Waals surface area (Å²) in [4.78, 5) is 17.2. The Morgan fingerprint density at radius 1 is 1.32 bits per heavy atom. The van der Waals surface area contributed by atoms with E-state index in [-0.39, 0.29) is 11.3 Å². The molecule has 1 aliphatic heterocycles. The summed E-state index contributed by atoms with van der Waals surface area (Å²) in [7, 11) is 0. The molecule has 0 saturated carbocycles. The first-order chi connectivity index (χ1) is 9.15. The van der Waals surface area contributed by atoms with Gasteiger partial charge in [0.15, 0.2) is 0 Å². The second-order valence-electron chi connectivity index (χ2n) is 4.49. The van der Waals surface area contributed by atoms with Crippen LogP contribution < -0.4 is 9.80 Å². The Bertz CT molecular complexity index is 427. The number of rotatable bonds is 4. The van der Waals surface area contributed by atoms with Gasteiger partial charge in [0.2, 0.25) is 17.2 Å². The number of nitrogens with zero attached hydrogens (tertiary/aromatic N) is 5. The normalized spacial score (nSPS) is 19.6. The Hall–Kier alpha value is -1.14. The third-order valence-corrected chi connectivity index (χ3v) is 3.42. The molecule has 19 heavy (non-hydrogen) atoms. The number of morpholine rings is 1. The van der Waals surface area contributed by atoms with Crippen molar-refractivity contribution in [2.75, 3.05) is 42.6 Å². The Balaban J connectivity index is 2.30. The first-order valence-electron chi connectivity index (χ1n) is 6.66. The van der Waals surface area contributed by atoms with Crippen molar-refractivity contribution in [3.8, 4) is 0 Å². The Morgan fingerprint density at radius 3 is 2.68 bits per heavy atom. The maximum absolute atomic E-state index is 6.03. The minimum atomic E-state index is 0.241. The van der Waals surface area contributed by atoms with Crippen LogP contribution >= 0.6 is 11.6 Å². The molecule has 0 aliphatic carbocycles. The molecule has 2 rings (SSSR count). The van der Waals surface area contributed by atoms with Crippen LogP contribution in [0, 0.1) is 0 Å². The van der Waals surface area contributed by atoms with Crippen LogP contribution in [0.15, 0.2) is 0 Å². The zero-order valence-corrected chi connectivity index (χ0v) is 12.4. The van der Waals surface area contributed by atoms with Crippen molar-refractivity contribution < 1.29 is 4.74 Å². The van der Waals surface area contributed by atoms with Gasteiger partial charge in [0.25, 0.3) is 0 Å². The van der Waals surface area contributed by atoms with Crippen molar-refractivity contribution in [3.63, 3.8) is 0 Å². The second kappa shape index (κ2) is 6.34. The highest BCUT2D eigenvalue weighted by atomic mass is 35.5. The van der Waals surface area contributed by atoms with Gasteiger partial charge in [0.1, 0.15) is 0 Å². The smallest absolute Gasteiger partial charge is 0.231 e. The highest BCUT2D eigenvalue weighted by Gasteiger charge is 2.23. The molecule has 0 spiro atoms. The van der Waals surface area contributed by atoms with Crippen LogP contribution in [0.2, 0.25) is 5.28 Å². The number of aromatic nitrogens is 3. The highest BCUT2D eigenvalue weighted by molar-refractivity contribution is 6.28. The molecule has 1 aromatic heterocycles. The molecule has 1 aromatic rings. The zero-order chi connectivity index (χ0) is 13.8. The van der Waals surface area contributed by atoms with Crippen LogP contribution in [0.4, 0.5) is 11.9 Å². The van der Waals surface area contributed by atoms with Crippen LogP contribution in [-0.4, -0.2) is 53.8 Å². The van der Waals surface area contributed by atoms with Crippen molar-refractivity contribution in [2.45, 2.75) is 26.8 Å². The fourth-order valence-corrected chi connectivity index (χ4v) is 2.28. The van der Waals surface area contributed by atoms with Crippen molar-refractivity contribution in [1.29, 1.82) is 0 Å². The average molecular weight is 286 g/mol. The van der Waals surface area contributed by atoms with Crippen molar-refractivity contribution in [3.05, 3.63) is 5.28 Å². The molecule has 0 amide bonds. The molecule has 0 radical (unpaired) electrons. The summed E-state index contributed by atoms with van der Waals surface area (Å²) in [6, 6.07) is 0.247. The van der Waals surface area contributed by atoms with E-state index in [1.54, 1.807) is 0 Å². The predicted molar refractivity (Wildman–Crippen MR) is 76.0 cm³/mol. The summed E-state index contributed by atoms with van der Waals surface area (Å²) < 4.78 is 5.43. The van der Waals surface area contributed by atoms with E-state index in [0.717, 1.165) is 19.6 Å². The summed E-state index contributed by atoms with van der Waals surface area (Å²) in [6.45, 7) is 10.1. The lowest BCUT2D eigenvalue weighted by molar-refractivity contribution is 0.0980. The fourth-order valence-electron chi connectivity index (χ4n) is 2.13. The van der Waals surface area contributed by atoms with E-state index >= 15 is 0 Å². The van der Waals surface area contributed by atoms with E-state index in [2.05, 4.69) is 45.5 Å². The van der Waals surface area contributed by atoms with Gasteiger partial charge in [0.05, 0.1) is 19.3 Å². The van der Waals surface area contributed by atoms with E-state index in [1.807, 2.05) is 0 Å². The van der Waals surface area contributed by atoms with Gasteiger partial charge >= 0.3 is 0 Å². The first-order valence-corrected chi connectivity index (χ1v) is 7.04. The Labute approximate surface area is 118 Å². The van der Waals surface area contributed by atoms with Crippen LogP contribution in [-0.2, 0) is 4.74 Å². The molecule has 7 heteroatoms. The lowest BCUT2D eigenvalue weighted by Crippen LogP contribution is -2.44. The summed E-state index contributed by atoms with van der Waals surface area (Å²) in [5.41, 5.74) is 0. The van der Waals surface area contributed by atoms with E-state index in [4.69, 9.17) is 16.3 Å². The summed E-state index contributed by atoms with van der Waals surface area (Å²) in [6.07, 6.45) is 0. The van der Waals surface area contributed by atoms with E-state index < -0.39 is 0 Å². The number of anilines is 2. The van der Waals surface area contributed by atoms with Gasteiger partial charge in [-0.25, -0.2) is 0 Å². The van der Waals surface area contributed by atoms with Crippen molar-refractivity contribution >= 4 is 23.5 Å². The van der Waals surface area contributed by atoms with E-state index in [9.17, 15) is 0 Å². The molecule has 0 bridgehead atoms. The van der Waals surface area contributed by atoms with Gasteiger partial charge in [-0.1, -0.05) is 0 Å². The lowest BCUT2D eigenvalue weighted by Gasteiger charge is -2.33. The third-order valence-electron chi connectivity index (χ3n) is 3.26. The highest BCUT2D eigenvalue weighted by Crippen LogP contribution is 2.20. The first kappa shape index (κ1) is 14.3. The molecule has 1 aliphatic rings. The summed E-state index contributed by atoms with van der Waals surface area (Å²) in [5, 5.41) is 0.241. The minimum Gasteiger partial charge on any atom is -0.377 e. The molecular weight excluding hydrogens is 266 g/mol. The zero-order valence-electron chi connectivity index (χ0n) is 11.6. The molecule has 0 aromatic carbocycles. The maximum Gasteiger partial charge on any atom is 0.231 e. The van der Waals surface area contributed by atoms with E-state index in [0.29, 0.717) is 25.1 Å². The molecule has 1 atom stereocenters. The Morgan fingerprint density at radius 2 is 2.05 bits per heavy atom. The third kappa shape index (κ3) is 3.25. The van der Waals surface area contributed by atoms with E-state index in [1.165, 1.54) is 0 Å². The van der Waals surface area contributed by atoms with Crippen LogP contribution in [0.5, 0.6) is 0 Å². The second-order valence-corrected chi connectivity index (χ2v) is 4.83. The SMILES string of the molecule is CCN(CC)c1nc(Cl)nc(N2CCOCC2C)n1. The van der Waals surface area contributed by atoms with Crippen LogP contribution in [0.1, 0.15) is 20.8 Å². The van der Waals surface area contributed by atoms with Gasteiger partial charge in [-0.15, -0.1) is 0 Å². The van der Waals surface area contributed by atoms with Crippen molar-refractivity contribution in [1.82, 2.24) is 15.0 Å². The topological polar surface area (TPSA) is 54.4 Å². The van der Waals surface area contributed by atoms with Gasteiger partial charge in [-0.05, 0) is 32.4 Å². The van der Waals surface area contributed by atoms with Gasteiger partial charge in [0, 0.05) is 19.6 Å². The average Bonchev–Trinajstić information content (AvgIpc) is 2.40. The Kier molecular flexibility index (Phi) is 4.76. The fraction of sp³-hybridized carbons (Fsp3) is 0.750. The standard InChI is InChI=1S/C12H20ClN5O/c1-4-17(5-2)11-14-10(13)15-12(16-11)18-6-7-19-8-9(18)3/h9H,4-8H2,1-3H3. The summed E-state index contributed by atoms with van der Waals surface area (Å²) >= 11 is 6.03. The predicted octanol–water partition coefficient (Wildman–Crippen LogP) is 1.60. The van der Waals surface area contributed by atoms with Gasteiger partial charge < -0.3 is 14.5 Å². The molecule has 1 unspecified atom stereocenters. The molecule has 6 nitrogen and oxygen atoms in total. The molecule has 0 N–H and O–H groups in total. The lowest BCUT2D eigenvalue weighted by atomic mass is 10.3. The van der Waals surface area contributed by atoms with Crippen LogP contribution in [0.3, 0.4) is 0 Å². The minimum absolute atomic E-state index is 0.241. The maximum atomic E-state index is 6.03. The largest absolute Gasteiger partial charge is 0.377 e. The molecule has 1 saturated heterocycles. The quantitative estimate of drug-likeness (QED) is 0.837. The monoisotopic (exact) mass is 285 g/mol. The number of hydrogen-bond donors (Lipinski definition) is 0. The van der Waals surface area contributed by atoms with Gasteiger partial charge in [-0.2, -0.15) is 15.0 Å². The molecular formula is C12H20ClN5O. The molecule has 106 valence electrons. The summed E-state index contributed by atoms with van der Waals surface area (Å²) in [5.74, 6) is 1.27. The van der Waals surface area contributed by atoms with Crippen LogP contribution in [0.25, 0.3) is 0 Å². The van der Waals surface area contributed by atoms with Gasteiger partial charge in [-0.3, -0.25) is 0 Å². The number of halogens is 1.